The Balaban J connectivity index is 1.68. The minimum absolute atomic E-state index is 0.0862. The van der Waals surface area contributed by atoms with Crippen molar-refractivity contribution >= 4 is 38.6 Å². The van der Waals surface area contributed by atoms with Gasteiger partial charge in [-0.25, -0.2) is 13.2 Å². The first-order valence-electron chi connectivity index (χ1n) is 11.0. The highest BCUT2D eigenvalue weighted by molar-refractivity contribution is 7.92. The highest BCUT2D eigenvalue weighted by Crippen LogP contribution is 2.36. The highest BCUT2D eigenvalue weighted by Gasteiger charge is 2.28. The van der Waals surface area contributed by atoms with Crippen LogP contribution in [0.4, 0.5) is 10.5 Å². The number of nitrogens with one attached hydrogen (secondary N) is 2. The quantitative estimate of drug-likeness (QED) is 0.444. The predicted molar refractivity (Wildman–Crippen MR) is 133 cm³/mol. The van der Waals surface area contributed by atoms with E-state index >= 15 is 0 Å². The van der Waals surface area contributed by atoms with Gasteiger partial charge in [0.1, 0.15) is 5.52 Å². The number of hydrogen-bond acceptors (Lipinski definition) is 6. The molecule has 4 rings (SSSR count). The first-order chi connectivity index (χ1) is 16.5. The van der Waals surface area contributed by atoms with Gasteiger partial charge in [-0.05, 0) is 55.2 Å². The van der Waals surface area contributed by atoms with E-state index in [1.165, 1.54) is 0 Å². The van der Waals surface area contributed by atoms with Crippen LogP contribution in [-0.2, 0) is 14.8 Å². The maximum Gasteiger partial charge on any atom is 0.414 e. The first-order valence-corrected chi connectivity index (χ1v) is 12.9. The molecule has 1 aliphatic heterocycles. The summed E-state index contributed by atoms with van der Waals surface area (Å²) in [4.78, 5) is 26.1. The Labute approximate surface area is 203 Å². The lowest BCUT2D eigenvalue weighted by molar-refractivity contribution is 0.100. The lowest BCUT2D eigenvalue weighted by atomic mass is 9.90. The molecular formula is C24H27N5O5S. The average Bonchev–Trinajstić information content (AvgIpc) is 3.21. The topological polar surface area (TPSA) is 147 Å². The van der Waals surface area contributed by atoms with E-state index in [4.69, 9.17) is 10.5 Å². The number of primary amides is 1. The summed E-state index contributed by atoms with van der Waals surface area (Å²) in [6.07, 6.45) is 2.04. The SMILES string of the molecule is C=C(C)OC(=O)N1CCC(c2[nH]nc3c(C(N)=O)cc(-c4cccc(NS(C)(=O)=O)c4)cc23)CC1. The number of anilines is 1. The van der Waals surface area contributed by atoms with E-state index in [-0.39, 0.29) is 11.5 Å². The Bertz CT molecular complexity index is 1420. The van der Waals surface area contributed by atoms with E-state index in [1.807, 2.05) is 12.1 Å². The van der Waals surface area contributed by atoms with Crippen LogP contribution in [0.25, 0.3) is 22.0 Å². The number of benzene rings is 2. The molecule has 11 heteroatoms. The molecule has 35 heavy (non-hydrogen) atoms. The van der Waals surface area contributed by atoms with Crippen molar-refractivity contribution in [3.05, 3.63) is 60.0 Å². The van der Waals surface area contributed by atoms with Crippen molar-refractivity contribution < 1.29 is 22.7 Å². The number of ether oxygens (including phenoxy) is 1. The van der Waals surface area contributed by atoms with Crippen molar-refractivity contribution in [3.8, 4) is 11.1 Å². The summed E-state index contributed by atoms with van der Waals surface area (Å²) in [6.45, 7) is 6.26. The van der Waals surface area contributed by atoms with Crippen molar-refractivity contribution in [1.29, 1.82) is 0 Å². The second-order valence-electron chi connectivity index (χ2n) is 8.71. The van der Waals surface area contributed by atoms with E-state index in [1.54, 1.807) is 36.1 Å². The summed E-state index contributed by atoms with van der Waals surface area (Å²) in [5.41, 5.74) is 9.11. The van der Waals surface area contributed by atoms with Crippen molar-refractivity contribution in [2.24, 2.45) is 5.73 Å². The van der Waals surface area contributed by atoms with Crippen LogP contribution in [0.5, 0.6) is 0 Å². The molecule has 0 radical (unpaired) electrons. The van der Waals surface area contributed by atoms with Gasteiger partial charge in [0, 0.05) is 35.8 Å². The third-order valence-corrected chi connectivity index (χ3v) is 6.48. The van der Waals surface area contributed by atoms with E-state index in [9.17, 15) is 18.0 Å². The number of rotatable bonds is 6. The van der Waals surface area contributed by atoms with E-state index in [0.717, 1.165) is 17.3 Å². The van der Waals surface area contributed by atoms with Gasteiger partial charge in [-0.1, -0.05) is 18.7 Å². The number of sulfonamides is 1. The van der Waals surface area contributed by atoms with Gasteiger partial charge in [-0.15, -0.1) is 0 Å². The molecule has 1 fully saturated rings. The second-order valence-corrected chi connectivity index (χ2v) is 10.5. The number of hydrogen-bond donors (Lipinski definition) is 3. The summed E-state index contributed by atoms with van der Waals surface area (Å²) in [5, 5.41) is 8.22. The number of piperidine rings is 1. The van der Waals surface area contributed by atoms with Crippen LogP contribution >= 0.6 is 0 Å². The lowest BCUT2D eigenvalue weighted by Gasteiger charge is -2.30. The molecule has 2 aromatic carbocycles. The van der Waals surface area contributed by atoms with Crippen molar-refractivity contribution in [3.63, 3.8) is 0 Å². The number of aromatic amines is 1. The molecule has 1 aliphatic rings. The normalized spacial score (nSPS) is 14.6. The van der Waals surface area contributed by atoms with Gasteiger partial charge in [0.25, 0.3) is 5.91 Å². The van der Waals surface area contributed by atoms with Crippen molar-refractivity contribution in [2.45, 2.75) is 25.7 Å². The molecular weight excluding hydrogens is 470 g/mol. The van der Waals surface area contributed by atoms with Crippen molar-refractivity contribution in [1.82, 2.24) is 15.1 Å². The van der Waals surface area contributed by atoms with Crippen LogP contribution in [0.1, 0.15) is 41.7 Å². The number of carbonyl (C=O) groups is 2. The van der Waals surface area contributed by atoms with Gasteiger partial charge in [-0.2, -0.15) is 5.10 Å². The molecule has 1 aromatic heterocycles. The van der Waals surface area contributed by atoms with Gasteiger partial charge in [0.2, 0.25) is 10.0 Å². The zero-order valence-electron chi connectivity index (χ0n) is 19.5. The number of amides is 2. The standard InChI is InChI=1S/C24H27N5O5S/c1-14(2)34-24(31)29-9-7-15(8-10-29)21-19-12-17(13-20(23(25)30)22(19)27-26-21)16-5-4-6-18(11-16)28-35(3,32)33/h4-6,11-13,15,28H,1,7-10H2,2-3H3,(H2,25,30)(H,26,27). The van der Waals surface area contributed by atoms with E-state index in [0.29, 0.717) is 54.0 Å². The smallest absolute Gasteiger partial charge is 0.414 e. The van der Waals surface area contributed by atoms with Crippen LogP contribution in [0, 0.1) is 0 Å². The zero-order valence-corrected chi connectivity index (χ0v) is 20.3. The molecule has 4 N–H and O–H groups in total. The Morgan fingerprint density at radius 2 is 1.91 bits per heavy atom. The van der Waals surface area contributed by atoms with E-state index in [2.05, 4.69) is 21.5 Å². The van der Waals surface area contributed by atoms with Gasteiger partial charge in [0.05, 0.1) is 17.6 Å². The van der Waals surface area contributed by atoms with Crippen LogP contribution < -0.4 is 10.5 Å². The monoisotopic (exact) mass is 497 g/mol. The molecule has 10 nitrogen and oxygen atoms in total. The maximum absolute atomic E-state index is 12.3. The highest BCUT2D eigenvalue weighted by atomic mass is 32.2. The largest absolute Gasteiger partial charge is 0.416 e. The molecule has 184 valence electrons. The Morgan fingerprint density at radius 1 is 1.20 bits per heavy atom. The number of likely N-dealkylation sites (tertiary alicyclic amines) is 1. The number of aromatic nitrogens is 2. The fraction of sp³-hybridized carbons (Fsp3) is 0.292. The molecule has 0 saturated carbocycles. The third kappa shape index (κ3) is 5.46. The fourth-order valence-electron chi connectivity index (χ4n) is 4.34. The Hall–Kier alpha value is -3.86. The van der Waals surface area contributed by atoms with Gasteiger partial charge >= 0.3 is 6.09 Å². The number of nitrogens with two attached hydrogens (primary N) is 1. The first kappa shape index (κ1) is 24.3. The number of nitrogens with zero attached hydrogens (tertiary/aromatic N) is 2. The molecule has 1 saturated heterocycles. The average molecular weight is 498 g/mol. The number of H-pyrrole nitrogens is 1. The second kappa shape index (κ2) is 9.41. The molecule has 2 heterocycles. The van der Waals surface area contributed by atoms with Gasteiger partial charge < -0.3 is 15.4 Å². The molecule has 0 aliphatic carbocycles. The van der Waals surface area contributed by atoms with Gasteiger partial charge in [0.15, 0.2) is 0 Å². The molecule has 3 aromatic rings. The maximum atomic E-state index is 12.3. The van der Waals surface area contributed by atoms with Crippen LogP contribution in [-0.4, -0.2) is 54.9 Å². The minimum atomic E-state index is -3.44. The third-order valence-electron chi connectivity index (χ3n) is 5.88. The van der Waals surface area contributed by atoms with Crippen LogP contribution in [0.3, 0.4) is 0 Å². The summed E-state index contributed by atoms with van der Waals surface area (Å²) in [5.74, 6) is -0.181. The number of allylic oxidation sites excluding steroid dienone is 1. The molecule has 0 bridgehead atoms. The van der Waals surface area contributed by atoms with Crippen LogP contribution in [0.2, 0.25) is 0 Å². The Morgan fingerprint density at radius 3 is 2.54 bits per heavy atom. The minimum Gasteiger partial charge on any atom is -0.416 e. The summed E-state index contributed by atoms with van der Waals surface area (Å²) in [6, 6.07) is 10.5. The summed E-state index contributed by atoms with van der Waals surface area (Å²) >= 11 is 0. The van der Waals surface area contributed by atoms with Crippen LogP contribution in [0.15, 0.2) is 48.7 Å². The lowest BCUT2D eigenvalue weighted by Crippen LogP contribution is -2.38. The number of fused-ring (bicyclic) bond motifs is 1. The molecule has 0 unspecified atom stereocenters. The Kier molecular flexibility index (Phi) is 6.53. The van der Waals surface area contributed by atoms with Crippen molar-refractivity contribution in [2.75, 3.05) is 24.1 Å². The molecule has 0 atom stereocenters. The number of carbonyl (C=O) groups excluding carboxylic acids is 2. The fourth-order valence-corrected chi connectivity index (χ4v) is 4.90. The summed E-state index contributed by atoms with van der Waals surface area (Å²) in [7, 11) is -3.44. The van der Waals surface area contributed by atoms with Gasteiger partial charge in [-0.3, -0.25) is 14.6 Å². The predicted octanol–water partition coefficient (Wildman–Crippen LogP) is 3.55. The molecule has 2 amide bonds. The molecule has 0 spiro atoms. The zero-order chi connectivity index (χ0) is 25.3. The van der Waals surface area contributed by atoms with E-state index < -0.39 is 22.0 Å². The summed E-state index contributed by atoms with van der Waals surface area (Å²) < 4.78 is 30.9.